The molecule has 0 aliphatic carbocycles. The standard InChI is InChI=1S/C4H7N.CH4N2O/c1-4(2)5-3;2-1(3)4/h4H,1-2H3;(H4,2,3,4). The highest BCUT2D eigenvalue weighted by Crippen LogP contribution is 1.79. The van der Waals surface area contributed by atoms with Gasteiger partial charge in [0.15, 0.2) is 0 Å². The van der Waals surface area contributed by atoms with Gasteiger partial charge in [0, 0.05) is 13.8 Å². The molecule has 4 nitrogen and oxygen atoms in total. The molecule has 0 aromatic heterocycles. The SMILES string of the molecule is NC(N)=O.[C-]#[N+]C(C)C. The summed E-state index contributed by atoms with van der Waals surface area (Å²) in [7, 11) is 0. The summed E-state index contributed by atoms with van der Waals surface area (Å²) >= 11 is 0. The molecule has 0 bridgehead atoms. The van der Waals surface area contributed by atoms with Crippen LogP contribution in [0, 0.1) is 6.57 Å². The van der Waals surface area contributed by atoms with Crippen LogP contribution in [0.25, 0.3) is 4.85 Å². The molecule has 0 aliphatic heterocycles. The minimum absolute atomic E-state index is 0.176. The Hall–Kier alpha value is -1.24. The molecule has 0 aromatic rings. The first-order valence-corrected chi connectivity index (χ1v) is 2.42. The van der Waals surface area contributed by atoms with Gasteiger partial charge in [0.05, 0.1) is 0 Å². The highest BCUT2D eigenvalue weighted by Gasteiger charge is 1.83. The number of rotatable bonds is 0. The van der Waals surface area contributed by atoms with Gasteiger partial charge in [-0.05, 0) is 0 Å². The molecule has 0 unspecified atom stereocenters. The molecule has 0 aliphatic rings. The summed E-state index contributed by atoms with van der Waals surface area (Å²) in [6, 6.07) is -0.657. The fraction of sp³-hybridized carbons (Fsp3) is 0.600. The molecule has 0 saturated heterocycles. The van der Waals surface area contributed by atoms with Crippen molar-refractivity contribution < 1.29 is 4.79 Å². The van der Waals surface area contributed by atoms with E-state index in [4.69, 9.17) is 11.4 Å². The van der Waals surface area contributed by atoms with Crippen molar-refractivity contribution in [3.8, 4) is 0 Å². The zero-order valence-corrected chi connectivity index (χ0v) is 5.59. The number of nitrogens with two attached hydrogens (primary N) is 2. The fourth-order valence-corrected chi connectivity index (χ4v) is 0. The van der Waals surface area contributed by atoms with Gasteiger partial charge in [0.2, 0.25) is 6.04 Å². The fourth-order valence-electron chi connectivity index (χ4n) is 0. The minimum Gasteiger partial charge on any atom is -0.352 e. The summed E-state index contributed by atoms with van der Waals surface area (Å²) in [6.45, 7) is 10.0. The summed E-state index contributed by atoms with van der Waals surface area (Å²) in [4.78, 5) is 12.1. The van der Waals surface area contributed by atoms with Crippen molar-refractivity contribution in [2.24, 2.45) is 11.5 Å². The number of nitrogens with zero attached hydrogens (tertiary/aromatic N) is 1. The van der Waals surface area contributed by atoms with Crippen molar-refractivity contribution in [2.75, 3.05) is 0 Å². The molecule has 9 heavy (non-hydrogen) atoms. The number of hydrogen-bond acceptors (Lipinski definition) is 1. The second-order valence-electron chi connectivity index (χ2n) is 1.63. The van der Waals surface area contributed by atoms with E-state index in [1.807, 2.05) is 13.8 Å². The third-order valence-corrected chi connectivity index (χ3v) is 0.258. The number of primary amides is 2. The van der Waals surface area contributed by atoms with E-state index in [0.717, 1.165) is 0 Å². The van der Waals surface area contributed by atoms with Crippen LogP contribution in [0.4, 0.5) is 4.79 Å². The molecule has 0 saturated carbocycles. The Bertz CT molecular complexity index is 110. The van der Waals surface area contributed by atoms with Crippen LogP contribution in [0.1, 0.15) is 13.8 Å². The van der Waals surface area contributed by atoms with E-state index in [1.165, 1.54) is 0 Å². The molecule has 0 rings (SSSR count). The number of hydrogen-bond donors (Lipinski definition) is 2. The van der Waals surface area contributed by atoms with Crippen molar-refractivity contribution in [3.63, 3.8) is 0 Å². The van der Waals surface area contributed by atoms with Crippen LogP contribution in [-0.2, 0) is 0 Å². The Labute approximate surface area is 54.6 Å². The smallest absolute Gasteiger partial charge is 0.309 e. The van der Waals surface area contributed by atoms with Gasteiger partial charge < -0.3 is 16.3 Å². The molecule has 0 heterocycles. The van der Waals surface area contributed by atoms with Crippen molar-refractivity contribution in [2.45, 2.75) is 19.9 Å². The number of urea groups is 1. The lowest BCUT2D eigenvalue weighted by molar-refractivity contribution is 0.256. The molecule has 0 fully saturated rings. The van der Waals surface area contributed by atoms with E-state index >= 15 is 0 Å². The Balaban J connectivity index is 0. The minimum atomic E-state index is -0.833. The number of carbonyl (C=O) groups is 1. The molecule has 0 spiro atoms. The first-order chi connectivity index (χ1) is 4.00. The average Bonchev–Trinajstić information content (AvgIpc) is 1.65. The molecule has 52 valence electrons. The van der Waals surface area contributed by atoms with Gasteiger partial charge in [-0.1, -0.05) is 0 Å². The van der Waals surface area contributed by atoms with Gasteiger partial charge in [-0.25, -0.2) is 11.4 Å². The maximum atomic E-state index is 9.00. The van der Waals surface area contributed by atoms with Crippen LogP contribution < -0.4 is 11.5 Å². The van der Waals surface area contributed by atoms with Gasteiger partial charge in [0.25, 0.3) is 0 Å². The van der Waals surface area contributed by atoms with Crippen molar-refractivity contribution in [1.82, 2.24) is 0 Å². The van der Waals surface area contributed by atoms with E-state index in [-0.39, 0.29) is 6.04 Å². The Morgan fingerprint density at radius 1 is 1.56 bits per heavy atom. The van der Waals surface area contributed by atoms with Gasteiger partial charge in [-0.3, -0.25) is 0 Å². The maximum absolute atomic E-state index is 9.00. The number of amides is 2. The van der Waals surface area contributed by atoms with Crippen LogP contribution in [-0.4, -0.2) is 12.1 Å². The van der Waals surface area contributed by atoms with Gasteiger partial charge in [-0.2, -0.15) is 0 Å². The predicted octanol–water partition coefficient (Wildman–Crippen LogP) is 0.338. The molecular weight excluding hydrogens is 118 g/mol. The van der Waals surface area contributed by atoms with E-state index in [2.05, 4.69) is 16.3 Å². The first-order valence-electron chi connectivity index (χ1n) is 2.42. The van der Waals surface area contributed by atoms with E-state index < -0.39 is 6.03 Å². The van der Waals surface area contributed by atoms with Crippen LogP contribution in [0.3, 0.4) is 0 Å². The molecule has 4 N–H and O–H groups in total. The second-order valence-corrected chi connectivity index (χ2v) is 1.63. The molecule has 0 atom stereocenters. The molecule has 4 heteroatoms. The summed E-state index contributed by atoms with van der Waals surface area (Å²) in [5.74, 6) is 0. The second kappa shape index (κ2) is 6.76. The van der Waals surface area contributed by atoms with E-state index in [0.29, 0.717) is 0 Å². The van der Waals surface area contributed by atoms with E-state index in [9.17, 15) is 0 Å². The van der Waals surface area contributed by atoms with Crippen LogP contribution in [0.15, 0.2) is 0 Å². The van der Waals surface area contributed by atoms with Crippen molar-refractivity contribution in [1.29, 1.82) is 0 Å². The monoisotopic (exact) mass is 129 g/mol. The average molecular weight is 129 g/mol. The summed E-state index contributed by atoms with van der Waals surface area (Å²) in [6.07, 6.45) is 0. The summed E-state index contributed by atoms with van der Waals surface area (Å²) in [5, 5.41) is 0. The first kappa shape index (κ1) is 10.7. The molecule has 2 amide bonds. The number of carbonyl (C=O) groups excluding carboxylic acids is 1. The van der Waals surface area contributed by atoms with Crippen LogP contribution in [0.5, 0.6) is 0 Å². The van der Waals surface area contributed by atoms with Crippen LogP contribution >= 0.6 is 0 Å². The predicted molar refractivity (Wildman–Crippen MR) is 35.5 cm³/mol. The molecular formula is C5H11N3O. The highest BCUT2D eigenvalue weighted by molar-refractivity contribution is 5.69. The molecule has 0 aromatic carbocycles. The quantitative estimate of drug-likeness (QED) is 0.455. The topological polar surface area (TPSA) is 73.5 Å². The maximum Gasteiger partial charge on any atom is 0.309 e. The Morgan fingerprint density at radius 3 is 1.67 bits per heavy atom. The Kier molecular flexibility index (Phi) is 8.03. The molecule has 0 radical (unpaired) electrons. The lowest BCUT2D eigenvalue weighted by atomic mass is 10.4. The zero-order chi connectivity index (χ0) is 7.86. The normalized spacial score (nSPS) is 6.89. The summed E-state index contributed by atoms with van der Waals surface area (Å²) < 4.78 is 0. The third-order valence-electron chi connectivity index (χ3n) is 0.258. The van der Waals surface area contributed by atoms with Gasteiger partial charge >= 0.3 is 6.03 Å². The lowest BCUT2D eigenvalue weighted by Crippen LogP contribution is -2.18. The largest absolute Gasteiger partial charge is 0.352 e. The Morgan fingerprint density at radius 2 is 1.67 bits per heavy atom. The third kappa shape index (κ3) is 265. The van der Waals surface area contributed by atoms with Crippen LogP contribution in [0.2, 0.25) is 0 Å². The van der Waals surface area contributed by atoms with E-state index in [1.54, 1.807) is 0 Å². The van der Waals surface area contributed by atoms with Gasteiger partial charge in [-0.15, -0.1) is 0 Å². The lowest BCUT2D eigenvalue weighted by Gasteiger charge is -1.75. The van der Waals surface area contributed by atoms with Gasteiger partial charge in [0.1, 0.15) is 0 Å². The summed E-state index contributed by atoms with van der Waals surface area (Å²) in [5.41, 5.74) is 8.50. The van der Waals surface area contributed by atoms with Crippen molar-refractivity contribution >= 4 is 6.03 Å². The van der Waals surface area contributed by atoms with Crippen molar-refractivity contribution in [3.05, 3.63) is 11.4 Å². The highest BCUT2D eigenvalue weighted by atomic mass is 16.2. The zero-order valence-electron chi connectivity index (χ0n) is 5.59.